The summed E-state index contributed by atoms with van der Waals surface area (Å²) in [4.78, 5) is 0. The second-order valence-electron chi connectivity index (χ2n) is 6.68. The SMILES string of the molecule is COc1cc(-c2[nH]nc3c2C(c2ccccc2Cl)C(C#N)=C(N)O3)cc(OC)c1OC. The number of fused-ring (bicyclic) bond motifs is 1. The molecule has 0 radical (unpaired) electrons. The Balaban J connectivity index is 1.98. The first-order valence-electron chi connectivity index (χ1n) is 9.24. The van der Waals surface area contributed by atoms with Crippen molar-refractivity contribution in [3.63, 3.8) is 0 Å². The zero-order chi connectivity index (χ0) is 22.1. The zero-order valence-electron chi connectivity index (χ0n) is 17.0. The van der Waals surface area contributed by atoms with Crippen LogP contribution in [0.5, 0.6) is 23.1 Å². The molecule has 1 unspecified atom stereocenters. The molecule has 1 aromatic heterocycles. The van der Waals surface area contributed by atoms with E-state index in [1.54, 1.807) is 18.2 Å². The first-order valence-corrected chi connectivity index (χ1v) is 9.62. The molecule has 0 amide bonds. The van der Waals surface area contributed by atoms with Crippen LogP contribution < -0.4 is 24.7 Å². The average Bonchev–Trinajstić information content (AvgIpc) is 3.20. The van der Waals surface area contributed by atoms with Gasteiger partial charge in [0.25, 0.3) is 0 Å². The summed E-state index contributed by atoms with van der Waals surface area (Å²) in [6.07, 6.45) is 0. The quantitative estimate of drug-likeness (QED) is 0.619. The third-order valence-corrected chi connectivity index (χ3v) is 5.45. The minimum atomic E-state index is -0.574. The number of aromatic nitrogens is 2. The fourth-order valence-electron chi connectivity index (χ4n) is 3.71. The second-order valence-corrected chi connectivity index (χ2v) is 7.08. The molecule has 0 saturated carbocycles. The van der Waals surface area contributed by atoms with E-state index >= 15 is 0 Å². The summed E-state index contributed by atoms with van der Waals surface area (Å²) in [7, 11) is 4.61. The number of rotatable bonds is 5. The molecule has 3 N–H and O–H groups in total. The number of nitrogens with one attached hydrogen (secondary N) is 1. The molecule has 1 aliphatic heterocycles. The minimum absolute atomic E-state index is 0.0112. The predicted molar refractivity (Wildman–Crippen MR) is 114 cm³/mol. The Labute approximate surface area is 183 Å². The van der Waals surface area contributed by atoms with Gasteiger partial charge in [-0.3, -0.25) is 5.10 Å². The molecular formula is C22H19ClN4O4. The molecule has 0 spiro atoms. The van der Waals surface area contributed by atoms with Gasteiger partial charge in [0.05, 0.1) is 38.5 Å². The minimum Gasteiger partial charge on any atom is -0.493 e. The Morgan fingerprint density at radius 2 is 1.81 bits per heavy atom. The number of benzene rings is 2. The molecule has 2 aromatic carbocycles. The highest BCUT2D eigenvalue weighted by Crippen LogP contribution is 2.49. The zero-order valence-corrected chi connectivity index (χ0v) is 17.8. The second kappa shape index (κ2) is 8.13. The summed E-state index contributed by atoms with van der Waals surface area (Å²) >= 11 is 6.49. The number of halogens is 1. The Morgan fingerprint density at radius 1 is 1.13 bits per heavy atom. The van der Waals surface area contributed by atoms with Crippen LogP contribution in [0.15, 0.2) is 47.9 Å². The maximum atomic E-state index is 9.84. The maximum absolute atomic E-state index is 9.84. The number of hydrogen-bond donors (Lipinski definition) is 2. The van der Waals surface area contributed by atoms with Crippen LogP contribution in [0.3, 0.4) is 0 Å². The third-order valence-electron chi connectivity index (χ3n) is 5.11. The lowest BCUT2D eigenvalue weighted by molar-refractivity contribution is 0.324. The summed E-state index contributed by atoms with van der Waals surface area (Å²) in [5.74, 6) is 1.09. The molecule has 2 heterocycles. The van der Waals surface area contributed by atoms with E-state index in [4.69, 9.17) is 36.3 Å². The van der Waals surface area contributed by atoms with Crippen LogP contribution in [0, 0.1) is 11.3 Å². The van der Waals surface area contributed by atoms with Crippen molar-refractivity contribution < 1.29 is 18.9 Å². The Morgan fingerprint density at radius 3 is 2.39 bits per heavy atom. The number of H-pyrrole nitrogens is 1. The van der Waals surface area contributed by atoms with E-state index in [0.29, 0.717) is 44.7 Å². The van der Waals surface area contributed by atoms with Crippen LogP contribution in [0.1, 0.15) is 17.0 Å². The normalized spacial score (nSPS) is 15.0. The van der Waals surface area contributed by atoms with E-state index in [0.717, 1.165) is 0 Å². The van der Waals surface area contributed by atoms with E-state index in [1.807, 2.05) is 18.2 Å². The van der Waals surface area contributed by atoms with E-state index in [9.17, 15) is 5.26 Å². The standard InChI is InChI=1S/C22H19ClN4O4/c1-28-15-8-11(9-16(29-2)20(15)30-3)19-18-17(12-6-4-5-7-14(12)23)13(10-24)21(25)31-22(18)27-26-19/h4-9,17H,25H2,1-3H3,(H,26,27). The number of nitrogens with two attached hydrogens (primary N) is 1. The largest absolute Gasteiger partial charge is 0.493 e. The lowest BCUT2D eigenvalue weighted by Gasteiger charge is -2.25. The fourth-order valence-corrected chi connectivity index (χ4v) is 3.96. The Hall–Kier alpha value is -3.83. The van der Waals surface area contributed by atoms with E-state index in [2.05, 4.69) is 16.3 Å². The summed E-state index contributed by atoms with van der Waals surface area (Å²) in [6.45, 7) is 0. The number of aromatic amines is 1. The highest BCUT2D eigenvalue weighted by molar-refractivity contribution is 6.31. The van der Waals surface area contributed by atoms with Crippen LogP contribution in [0.25, 0.3) is 11.3 Å². The lowest BCUT2D eigenvalue weighted by atomic mass is 9.83. The van der Waals surface area contributed by atoms with E-state index in [-0.39, 0.29) is 17.3 Å². The van der Waals surface area contributed by atoms with Crippen molar-refractivity contribution >= 4 is 11.6 Å². The maximum Gasteiger partial charge on any atom is 0.244 e. The van der Waals surface area contributed by atoms with Crippen molar-refractivity contribution in [2.24, 2.45) is 5.73 Å². The van der Waals surface area contributed by atoms with Crippen LogP contribution in [-0.4, -0.2) is 31.5 Å². The fraction of sp³-hybridized carbons (Fsp3) is 0.182. The van der Waals surface area contributed by atoms with Gasteiger partial charge in [-0.25, -0.2) is 0 Å². The van der Waals surface area contributed by atoms with Gasteiger partial charge in [0.15, 0.2) is 11.5 Å². The lowest BCUT2D eigenvalue weighted by Crippen LogP contribution is -2.21. The van der Waals surface area contributed by atoms with Gasteiger partial charge in [0, 0.05) is 10.6 Å². The predicted octanol–water partition coefficient (Wildman–Crippen LogP) is 3.97. The number of allylic oxidation sites excluding steroid dienone is 1. The van der Waals surface area contributed by atoms with Gasteiger partial charge in [-0.2, -0.15) is 5.26 Å². The van der Waals surface area contributed by atoms with Crippen LogP contribution in [0.4, 0.5) is 0 Å². The monoisotopic (exact) mass is 438 g/mol. The van der Waals surface area contributed by atoms with Gasteiger partial charge < -0.3 is 24.7 Å². The summed E-state index contributed by atoms with van der Waals surface area (Å²) in [5, 5.41) is 17.6. The van der Waals surface area contributed by atoms with Gasteiger partial charge in [-0.1, -0.05) is 29.8 Å². The molecule has 4 rings (SSSR count). The number of methoxy groups -OCH3 is 3. The number of ether oxygens (including phenoxy) is 4. The molecule has 158 valence electrons. The molecule has 0 aliphatic carbocycles. The average molecular weight is 439 g/mol. The molecule has 0 saturated heterocycles. The number of hydrogen-bond acceptors (Lipinski definition) is 7. The highest BCUT2D eigenvalue weighted by Gasteiger charge is 2.37. The molecule has 1 atom stereocenters. The molecule has 0 fully saturated rings. The molecular weight excluding hydrogens is 420 g/mol. The van der Waals surface area contributed by atoms with Crippen molar-refractivity contribution in [2.45, 2.75) is 5.92 Å². The van der Waals surface area contributed by atoms with Crippen molar-refractivity contribution in [3.05, 3.63) is 64.0 Å². The van der Waals surface area contributed by atoms with E-state index < -0.39 is 5.92 Å². The van der Waals surface area contributed by atoms with Crippen molar-refractivity contribution in [2.75, 3.05) is 21.3 Å². The van der Waals surface area contributed by atoms with Gasteiger partial charge in [0.2, 0.25) is 17.5 Å². The number of nitriles is 1. The molecule has 0 bridgehead atoms. The van der Waals surface area contributed by atoms with Crippen molar-refractivity contribution in [1.29, 1.82) is 5.26 Å². The summed E-state index contributed by atoms with van der Waals surface area (Å²) in [6, 6.07) is 13.0. The van der Waals surface area contributed by atoms with Crippen LogP contribution in [-0.2, 0) is 0 Å². The first kappa shape index (κ1) is 20.4. The molecule has 3 aromatic rings. The highest BCUT2D eigenvalue weighted by atomic mass is 35.5. The Bertz CT molecular complexity index is 1200. The van der Waals surface area contributed by atoms with Gasteiger partial charge in [-0.15, -0.1) is 5.10 Å². The topological polar surface area (TPSA) is 115 Å². The first-order chi connectivity index (χ1) is 15.0. The molecule has 31 heavy (non-hydrogen) atoms. The summed E-state index contributed by atoms with van der Waals surface area (Å²) < 4.78 is 22.0. The Kier molecular flexibility index (Phi) is 5.36. The third kappa shape index (κ3) is 3.29. The smallest absolute Gasteiger partial charge is 0.244 e. The van der Waals surface area contributed by atoms with E-state index in [1.165, 1.54) is 21.3 Å². The van der Waals surface area contributed by atoms with Crippen LogP contribution in [0.2, 0.25) is 5.02 Å². The van der Waals surface area contributed by atoms with Gasteiger partial charge in [-0.05, 0) is 23.8 Å². The van der Waals surface area contributed by atoms with Gasteiger partial charge in [0.1, 0.15) is 11.6 Å². The number of nitrogens with zero attached hydrogens (tertiary/aromatic N) is 2. The van der Waals surface area contributed by atoms with Crippen molar-refractivity contribution in [1.82, 2.24) is 10.2 Å². The van der Waals surface area contributed by atoms with Gasteiger partial charge >= 0.3 is 0 Å². The molecule has 9 heteroatoms. The van der Waals surface area contributed by atoms with Crippen LogP contribution >= 0.6 is 11.6 Å². The molecule has 8 nitrogen and oxygen atoms in total. The molecule has 1 aliphatic rings. The van der Waals surface area contributed by atoms with Crippen molar-refractivity contribution in [3.8, 4) is 40.5 Å². The summed E-state index contributed by atoms with van der Waals surface area (Å²) in [5.41, 5.74) is 8.94.